The van der Waals surface area contributed by atoms with Crippen LogP contribution in [0.4, 0.5) is 10.2 Å². The highest BCUT2D eigenvalue weighted by molar-refractivity contribution is 9.08. The van der Waals surface area contributed by atoms with Crippen molar-refractivity contribution in [3.05, 3.63) is 34.0 Å². The summed E-state index contributed by atoms with van der Waals surface area (Å²) in [5, 5.41) is 4.47. The Morgan fingerprint density at radius 3 is 2.95 bits per heavy atom. The Labute approximate surface area is 116 Å². The number of alkyl halides is 1. The number of rotatable bonds is 1. The Hall–Kier alpha value is -1.43. The highest BCUT2D eigenvalue weighted by Crippen LogP contribution is 2.46. The molecule has 0 amide bonds. The third-order valence-electron chi connectivity index (χ3n) is 4.00. The molecule has 2 aliphatic rings. The normalized spacial score (nSPS) is 18.6. The first-order valence-electron chi connectivity index (χ1n) is 6.20. The van der Waals surface area contributed by atoms with E-state index in [0.717, 1.165) is 12.8 Å². The van der Waals surface area contributed by atoms with Crippen molar-refractivity contribution < 1.29 is 4.39 Å². The molecule has 2 aromatic rings. The fourth-order valence-corrected chi connectivity index (χ4v) is 3.15. The third kappa shape index (κ3) is 1.49. The lowest BCUT2D eigenvalue weighted by molar-refractivity contribution is 0.614. The first-order chi connectivity index (χ1) is 9.13. The van der Waals surface area contributed by atoms with Gasteiger partial charge in [0.2, 0.25) is 0 Å². The van der Waals surface area contributed by atoms with Crippen LogP contribution in [-0.2, 0) is 11.9 Å². The fourth-order valence-electron chi connectivity index (χ4n) is 2.72. The Morgan fingerprint density at radius 1 is 1.47 bits per heavy atom. The molecule has 0 bridgehead atoms. The van der Waals surface area contributed by atoms with Gasteiger partial charge in [0.15, 0.2) is 5.82 Å². The van der Waals surface area contributed by atoms with E-state index in [-0.39, 0.29) is 16.7 Å². The molecule has 1 saturated carbocycles. The van der Waals surface area contributed by atoms with Gasteiger partial charge in [-0.15, -0.1) is 0 Å². The first-order valence-corrected chi connectivity index (χ1v) is 7.32. The molecule has 4 rings (SSSR count). The van der Waals surface area contributed by atoms with Gasteiger partial charge in [-0.25, -0.2) is 9.18 Å². The van der Waals surface area contributed by atoms with Crippen LogP contribution in [0.25, 0.3) is 10.9 Å². The Bertz CT molecular complexity index is 767. The molecule has 0 radical (unpaired) electrons. The van der Waals surface area contributed by atoms with Gasteiger partial charge in [-0.1, -0.05) is 22.0 Å². The highest BCUT2D eigenvalue weighted by Gasteiger charge is 2.48. The molecule has 98 valence electrons. The van der Waals surface area contributed by atoms with Crippen LogP contribution >= 0.6 is 15.9 Å². The quantitative estimate of drug-likeness (QED) is 0.820. The summed E-state index contributed by atoms with van der Waals surface area (Å²) in [6.07, 6.45) is 2.11. The summed E-state index contributed by atoms with van der Waals surface area (Å²) in [6, 6.07) is 3.57. The maximum absolute atomic E-state index is 14.3. The van der Waals surface area contributed by atoms with Crippen LogP contribution < -0.4 is 11.0 Å². The largest absolute Gasteiger partial charge is 0.364 e. The van der Waals surface area contributed by atoms with Crippen molar-refractivity contribution in [3.8, 4) is 0 Å². The molecular formula is C13H11BrFN3O. The summed E-state index contributed by atoms with van der Waals surface area (Å²) in [4.78, 5) is 15.9. The molecular weight excluding hydrogens is 313 g/mol. The number of fused-ring (bicyclic) bond motifs is 3. The molecule has 1 N–H and O–H groups in total. The number of hydrogen-bond donors (Lipinski definition) is 1. The van der Waals surface area contributed by atoms with Gasteiger partial charge >= 0.3 is 5.69 Å². The van der Waals surface area contributed by atoms with Crippen LogP contribution in [0.15, 0.2) is 16.9 Å². The van der Waals surface area contributed by atoms with Gasteiger partial charge in [0.05, 0.1) is 12.1 Å². The number of nitrogens with zero attached hydrogens (tertiary/aromatic N) is 2. The minimum atomic E-state index is -0.409. The second kappa shape index (κ2) is 3.56. The third-order valence-corrected chi connectivity index (χ3v) is 4.61. The molecule has 2 heterocycles. The van der Waals surface area contributed by atoms with Gasteiger partial charge < -0.3 is 5.32 Å². The standard InChI is InChI=1S/C13H11BrFN3O/c14-5-7-1-2-8-10(9(7)15)16-12(19)18-6-13(3-4-13)17-11(8)18/h1-2,17H,3-6H2. The Kier molecular flexibility index (Phi) is 2.14. The summed E-state index contributed by atoms with van der Waals surface area (Å²) in [7, 11) is 0. The van der Waals surface area contributed by atoms with E-state index < -0.39 is 5.82 Å². The zero-order valence-electron chi connectivity index (χ0n) is 10.0. The molecule has 1 aromatic heterocycles. The number of hydrogen-bond acceptors (Lipinski definition) is 3. The summed E-state index contributed by atoms with van der Waals surface area (Å²) < 4.78 is 15.9. The smallest absolute Gasteiger partial charge is 0.349 e. The first kappa shape index (κ1) is 11.4. The molecule has 0 saturated heterocycles. The van der Waals surface area contributed by atoms with Crippen LogP contribution in [0.3, 0.4) is 0 Å². The molecule has 1 aliphatic carbocycles. The average Bonchev–Trinajstić information content (AvgIpc) is 3.01. The summed E-state index contributed by atoms with van der Waals surface area (Å²) in [5.41, 5.74) is 0.332. The Morgan fingerprint density at radius 2 is 2.26 bits per heavy atom. The van der Waals surface area contributed by atoms with Gasteiger partial charge in [0, 0.05) is 16.3 Å². The van der Waals surface area contributed by atoms with Gasteiger partial charge in [-0.05, 0) is 18.9 Å². The van der Waals surface area contributed by atoms with Crippen molar-refractivity contribution in [2.45, 2.75) is 30.3 Å². The van der Waals surface area contributed by atoms with E-state index in [2.05, 4.69) is 26.2 Å². The predicted molar refractivity (Wildman–Crippen MR) is 74.2 cm³/mol. The summed E-state index contributed by atoms with van der Waals surface area (Å²) >= 11 is 3.24. The number of benzene rings is 1. The fraction of sp³-hybridized carbons (Fsp3) is 0.385. The molecule has 1 aliphatic heterocycles. The van der Waals surface area contributed by atoms with E-state index >= 15 is 0 Å². The van der Waals surface area contributed by atoms with E-state index in [9.17, 15) is 9.18 Å². The average molecular weight is 324 g/mol. The Balaban J connectivity index is 2.05. The maximum Gasteiger partial charge on any atom is 0.349 e. The van der Waals surface area contributed by atoms with Crippen molar-refractivity contribution in [2.75, 3.05) is 5.32 Å². The van der Waals surface area contributed by atoms with Gasteiger partial charge in [-0.2, -0.15) is 4.98 Å². The van der Waals surface area contributed by atoms with Crippen molar-refractivity contribution in [1.82, 2.24) is 9.55 Å². The van der Waals surface area contributed by atoms with E-state index in [0.29, 0.717) is 28.6 Å². The van der Waals surface area contributed by atoms with E-state index in [4.69, 9.17) is 0 Å². The SMILES string of the molecule is O=c1nc2c(F)c(CBr)ccc2c2n1CC1(CC1)N2. The summed E-state index contributed by atoms with van der Waals surface area (Å²) in [5.74, 6) is 0.306. The lowest BCUT2D eigenvalue weighted by Crippen LogP contribution is -2.23. The van der Waals surface area contributed by atoms with Crippen molar-refractivity contribution in [2.24, 2.45) is 0 Å². The topological polar surface area (TPSA) is 46.9 Å². The minimum absolute atomic E-state index is 0.0205. The number of halogens is 2. The van der Waals surface area contributed by atoms with Crippen LogP contribution in [0, 0.1) is 5.82 Å². The van der Waals surface area contributed by atoms with E-state index in [1.165, 1.54) is 0 Å². The van der Waals surface area contributed by atoms with E-state index in [1.54, 1.807) is 10.6 Å². The van der Waals surface area contributed by atoms with Gasteiger partial charge in [-0.3, -0.25) is 4.57 Å². The molecule has 1 aromatic carbocycles. The minimum Gasteiger partial charge on any atom is -0.364 e. The molecule has 4 nitrogen and oxygen atoms in total. The number of aromatic nitrogens is 2. The van der Waals surface area contributed by atoms with Crippen LogP contribution in [0.5, 0.6) is 0 Å². The monoisotopic (exact) mass is 323 g/mol. The molecule has 6 heteroatoms. The second-order valence-electron chi connectivity index (χ2n) is 5.30. The lowest BCUT2D eigenvalue weighted by atomic mass is 10.1. The van der Waals surface area contributed by atoms with Crippen molar-refractivity contribution >= 4 is 32.7 Å². The molecule has 19 heavy (non-hydrogen) atoms. The number of nitrogens with one attached hydrogen (secondary N) is 1. The van der Waals surface area contributed by atoms with E-state index in [1.807, 2.05) is 6.07 Å². The molecule has 0 unspecified atom stereocenters. The van der Waals surface area contributed by atoms with Crippen LogP contribution in [0.2, 0.25) is 0 Å². The molecule has 0 atom stereocenters. The maximum atomic E-state index is 14.3. The zero-order chi connectivity index (χ0) is 13.2. The lowest BCUT2D eigenvalue weighted by Gasteiger charge is -2.09. The molecule has 1 fully saturated rings. The van der Waals surface area contributed by atoms with Crippen molar-refractivity contribution in [1.29, 1.82) is 0 Å². The predicted octanol–water partition coefficient (Wildman–Crippen LogP) is 2.39. The summed E-state index contributed by atoms with van der Waals surface area (Å²) in [6.45, 7) is 0.645. The van der Waals surface area contributed by atoms with Crippen LogP contribution in [-0.4, -0.2) is 15.1 Å². The van der Waals surface area contributed by atoms with Crippen molar-refractivity contribution in [3.63, 3.8) is 0 Å². The van der Waals surface area contributed by atoms with Gasteiger partial charge in [0.1, 0.15) is 11.3 Å². The molecule has 1 spiro atoms. The zero-order valence-corrected chi connectivity index (χ0v) is 11.6. The number of anilines is 1. The highest BCUT2D eigenvalue weighted by atomic mass is 79.9. The second-order valence-corrected chi connectivity index (χ2v) is 5.86. The van der Waals surface area contributed by atoms with Gasteiger partial charge in [0.25, 0.3) is 0 Å². The van der Waals surface area contributed by atoms with Crippen LogP contribution in [0.1, 0.15) is 18.4 Å².